The van der Waals surface area contributed by atoms with E-state index in [2.05, 4.69) is 31.2 Å². The van der Waals surface area contributed by atoms with E-state index in [9.17, 15) is 10.2 Å². The zero-order chi connectivity index (χ0) is 19.6. The molecule has 0 saturated heterocycles. The highest BCUT2D eigenvalue weighted by molar-refractivity contribution is 5.38. The van der Waals surface area contributed by atoms with Crippen molar-refractivity contribution in [1.29, 1.82) is 0 Å². The van der Waals surface area contributed by atoms with Gasteiger partial charge in [-0.3, -0.25) is 0 Å². The molecule has 0 bridgehead atoms. The Morgan fingerprint density at radius 2 is 1.04 bits per heavy atom. The average Bonchev–Trinajstić information content (AvgIpc) is 2.65. The van der Waals surface area contributed by atoms with Crippen molar-refractivity contribution in [3.8, 4) is 11.5 Å². The fourth-order valence-electron chi connectivity index (χ4n) is 3.15. The van der Waals surface area contributed by atoms with E-state index >= 15 is 0 Å². The maximum atomic E-state index is 9.78. The first-order valence-corrected chi connectivity index (χ1v) is 9.96. The first kappa shape index (κ1) is 21.3. The predicted octanol–water partition coefficient (Wildman–Crippen LogP) is 5.22. The van der Waals surface area contributed by atoms with Crippen molar-refractivity contribution < 1.29 is 19.7 Å². The van der Waals surface area contributed by atoms with E-state index in [1.54, 1.807) is 0 Å². The normalized spacial score (nSPS) is 14.4. The summed E-state index contributed by atoms with van der Waals surface area (Å²) >= 11 is 0. The Hall–Kier alpha value is -2.04. The Morgan fingerprint density at radius 3 is 1.33 bits per heavy atom. The fourth-order valence-corrected chi connectivity index (χ4v) is 3.15. The third-order valence-corrected chi connectivity index (χ3v) is 4.59. The van der Waals surface area contributed by atoms with E-state index in [1.807, 2.05) is 38.1 Å². The molecule has 2 aromatic rings. The molecule has 0 aliphatic carbocycles. The third-order valence-electron chi connectivity index (χ3n) is 4.59. The highest BCUT2D eigenvalue weighted by Gasteiger charge is 2.14. The number of hydrogen-bond acceptors (Lipinski definition) is 4. The second kappa shape index (κ2) is 11.0. The summed E-state index contributed by atoms with van der Waals surface area (Å²) in [4.78, 5) is 0. The number of rotatable bonds is 11. The highest BCUT2D eigenvalue weighted by Crippen LogP contribution is 2.30. The largest absolute Gasteiger partial charge is 0.465 e. The fraction of sp³-hybridized carbons (Fsp3) is 0.478. The summed E-state index contributed by atoms with van der Waals surface area (Å²) in [5.41, 5.74) is 2.41. The van der Waals surface area contributed by atoms with Gasteiger partial charge in [-0.05, 0) is 41.8 Å². The Morgan fingerprint density at radius 1 is 0.667 bits per heavy atom. The van der Waals surface area contributed by atoms with Crippen molar-refractivity contribution >= 4 is 0 Å². The van der Waals surface area contributed by atoms with Gasteiger partial charge >= 0.3 is 0 Å². The number of ether oxygens (including phenoxy) is 2. The zero-order valence-electron chi connectivity index (χ0n) is 16.6. The van der Waals surface area contributed by atoms with Gasteiger partial charge in [0, 0.05) is 18.8 Å². The van der Waals surface area contributed by atoms with Crippen LogP contribution >= 0.6 is 0 Å². The SMILES string of the molecule is CCCC(O)Oc1ccc(C(CC)c2ccc(OC(O)CCC)cc2)cc1. The topological polar surface area (TPSA) is 58.9 Å². The second-order valence-corrected chi connectivity index (χ2v) is 6.82. The number of aliphatic hydroxyl groups is 2. The van der Waals surface area contributed by atoms with Crippen molar-refractivity contribution in [2.75, 3.05) is 0 Å². The lowest BCUT2D eigenvalue weighted by Gasteiger charge is -2.18. The summed E-state index contributed by atoms with van der Waals surface area (Å²) in [6.07, 6.45) is 2.48. The summed E-state index contributed by atoms with van der Waals surface area (Å²) in [7, 11) is 0. The van der Waals surface area contributed by atoms with Crippen molar-refractivity contribution in [2.45, 2.75) is 71.4 Å². The molecule has 2 atom stereocenters. The van der Waals surface area contributed by atoms with Gasteiger partial charge in [0.25, 0.3) is 0 Å². The van der Waals surface area contributed by atoms with Crippen LogP contribution in [-0.2, 0) is 0 Å². The van der Waals surface area contributed by atoms with Crippen LogP contribution in [0.2, 0.25) is 0 Å². The molecular weight excluding hydrogens is 340 g/mol. The van der Waals surface area contributed by atoms with Crippen molar-refractivity contribution in [3.05, 3.63) is 59.7 Å². The van der Waals surface area contributed by atoms with E-state index < -0.39 is 12.6 Å². The van der Waals surface area contributed by atoms with E-state index in [-0.39, 0.29) is 5.92 Å². The number of aliphatic hydroxyl groups excluding tert-OH is 2. The summed E-state index contributed by atoms with van der Waals surface area (Å²) in [5.74, 6) is 1.64. The van der Waals surface area contributed by atoms with E-state index in [1.165, 1.54) is 11.1 Å². The van der Waals surface area contributed by atoms with Crippen LogP contribution in [0.5, 0.6) is 11.5 Å². The van der Waals surface area contributed by atoms with Crippen LogP contribution in [0, 0.1) is 0 Å². The van der Waals surface area contributed by atoms with Gasteiger partial charge < -0.3 is 19.7 Å². The minimum atomic E-state index is -0.751. The average molecular weight is 373 g/mol. The number of hydrogen-bond donors (Lipinski definition) is 2. The molecular formula is C23H32O4. The lowest BCUT2D eigenvalue weighted by Crippen LogP contribution is -2.14. The molecule has 27 heavy (non-hydrogen) atoms. The van der Waals surface area contributed by atoms with Crippen LogP contribution in [0.3, 0.4) is 0 Å². The summed E-state index contributed by atoms with van der Waals surface area (Å²) in [5, 5.41) is 19.6. The molecule has 4 nitrogen and oxygen atoms in total. The summed E-state index contributed by atoms with van der Waals surface area (Å²) in [6, 6.07) is 15.9. The van der Waals surface area contributed by atoms with Gasteiger partial charge in [-0.25, -0.2) is 0 Å². The minimum Gasteiger partial charge on any atom is -0.465 e. The van der Waals surface area contributed by atoms with E-state index in [0.29, 0.717) is 24.3 Å². The molecule has 2 rings (SSSR count). The lowest BCUT2D eigenvalue weighted by atomic mass is 9.89. The standard InChI is InChI=1S/C23H32O4/c1-4-7-22(24)26-19-13-9-17(10-14-19)21(6-3)18-11-15-20(16-12-18)27-23(25)8-5-2/h9-16,21-25H,4-8H2,1-3H3. The maximum absolute atomic E-state index is 9.78. The van der Waals surface area contributed by atoms with Crippen molar-refractivity contribution in [2.24, 2.45) is 0 Å². The Kier molecular flexibility index (Phi) is 8.62. The van der Waals surface area contributed by atoms with Gasteiger partial charge in [0.15, 0.2) is 12.6 Å². The first-order valence-electron chi connectivity index (χ1n) is 9.96. The molecule has 0 saturated carbocycles. The molecule has 148 valence electrons. The van der Waals surface area contributed by atoms with Gasteiger partial charge in [-0.2, -0.15) is 0 Å². The van der Waals surface area contributed by atoms with Crippen molar-refractivity contribution in [1.82, 2.24) is 0 Å². The maximum Gasteiger partial charge on any atom is 0.197 e. The van der Waals surface area contributed by atoms with Crippen LogP contribution in [0.4, 0.5) is 0 Å². The molecule has 0 radical (unpaired) electrons. The minimum absolute atomic E-state index is 0.272. The van der Waals surface area contributed by atoms with Crippen LogP contribution < -0.4 is 9.47 Å². The Bertz CT molecular complexity index is 594. The monoisotopic (exact) mass is 372 g/mol. The van der Waals surface area contributed by atoms with Crippen LogP contribution in [0.1, 0.15) is 69.9 Å². The molecule has 0 aliphatic heterocycles. The molecule has 2 N–H and O–H groups in total. The number of benzene rings is 2. The van der Waals surface area contributed by atoms with Crippen LogP contribution in [-0.4, -0.2) is 22.8 Å². The molecule has 0 aromatic heterocycles. The smallest absolute Gasteiger partial charge is 0.197 e. The van der Waals surface area contributed by atoms with E-state index in [0.717, 1.165) is 19.3 Å². The molecule has 0 aliphatic rings. The summed E-state index contributed by atoms with van der Waals surface area (Å²) < 4.78 is 11.0. The molecule has 0 fully saturated rings. The molecule has 2 aromatic carbocycles. The van der Waals surface area contributed by atoms with Gasteiger partial charge in [-0.15, -0.1) is 0 Å². The van der Waals surface area contributed by atoms with Crippen LogP contribution in [0.15, 0.2) is 48.5 Å². The molecule has 2 unspecified atom stereocenters. The summed E-state index contributed by atoms with van der Waals surface area (Å²) in [6.45, 7) is 6.19. The van der Waals surface area contributed by atoms with Gasteiger partial charge in [0.05, 0.1) is 0 Å². The predicted molar refractivity (Wildman–Crippen MR) is 108 cm³/mol. The lowest BCUT2D eigenvalue weighted by molar-refractivity contribution is -0.0238. The zero-order valence-corrected chi connectivity index (χ0v) is 16.6. The quantitative estimate of drug-likeness (QED) is 0.531. The van der Waals surface area contributed by atoms with Gasteiger partial charge in [0.2, 0.25) is 0 Å². The van der Waals surface area contributed by atoms with Gasteiger partial charge in [0.1, 0.15) is 11.5 Å². The Labute approximate surface area is 162 Å². The van der Waals surface area contributed by atoms with E-state index in [4.69, 9.17) is 9.47 Å². The molecule has 0 amide bonds. The molecule has 4 heteroatoms. The molecule has 0 heterocycles. The second-order valence-electron chi connectivity index (χ2n) is 6.82. The van der Waals surface area contributed by atoms with Crippen molar-refractivity contribution in [3.63, 3.8) is 0 Å². The molecule has 0 spiro atoms. The van der Waals surface area contributed by atoms with Gasteiger partial charge in [-0.1, -0.05) is 57.9 Å². The third kappa shape index (κ3) is 6.56. The van der Waals surface area contributed by atoms with Crippen LogP contribution in [0.25, 0.3) is 0 Å². The Balaban J connectivity index is 2.05. The first-order chi connectivity index (χ1) is 13.1. The highest BCUT2D eigenvalue weighted by atomic mass is 16.6.